The number of hydrogen-bond acceptors (Lipinski definition) is 8. The van der Waals surface area contributed by atoms with E-state index in [1.165, 1.54) is 23.6 Å². The second kappa shape index (κ2) is 11.6. The van der Waals surface area contributed by atoms with Crippen LogP contribution in [-0.4, -0.2) is 40.8 Å². The molecule has 30 heavy (non-hydrogen) atoms. The van der Waals surface area contributed by atoms with E-state index in [1.807, 2.05) is 19.1 Å². The van der Waals surface area contributed by atoms with Crippen LogP contribution in [0, 0.1) is 12.3 Å². The number of nitrogens with two attached hydrogens (primary N) is 1. The maximum Gasteiger partial charge on any atom is 0.312 e. The number of nitrogens with zero attached hydrogens (tertiary/aromatic N) is 2. The second-order valence-electron chi connectivity index (χ2n) is 7.77. The number of carbonyl (C=O) groups excluding carboxylic acids is 3. The van der Waals surface area contributed by atoms with Crippen molar-refractivity contribution in [3.63, 3.8) is 0 Å². The van der Waals surface area contributed by atoms with Gasteiger partial charge in [-0.15, -0.1) is 0 Å². The molecule has 0 aliphatic rings. The fourth-order valence-corrected chi connectivity index (χ4v) is 3.20. The van der Waals surface area contributed by atoms with Gasteiger partial charge in [0.05, 0.1) is 18.6 Å². The number of pyridine rings is 1. The van der Waals surface area contributed by atoms with E-state index in [1.54, 1.807) is 27.7 Å². The SMILES string of the molecule is CC(=O)OCC/C(SCOC(=O)C(C)(C)C)=C(\C)N(C=O)Cc1ccc(C)nc1N. The molecule has 0 spiro atoms. The number of aryl methyl sites for hydroxylation is 1. The topological polar surface area (TPSA) is 112 Å². The minimum atomic E-state index is -0.609. The zero-order valence-corrected chi connectivity index (χ0v) is 19.3. The number of thioether (sulfide) groups is 1. The Labute approximate surface area is 182 Å². The number of anilines is 1. The number of allylic oxidation sites excluding steroid dienone is 1. The normalized spacial score (nSPS) is 12.1. The lowest BCUT2D eigenvalue weighted by atomic mass is 9.98. The van der Waals surface area contributed by atoms with Crippen LogP contribution in [0.5, 0.6) is 0 Å². The first kappa shape index (κ1) is 25.5. The number of ether oxygens (including phenoxy) is 2. The van der Waals surface area contributed by atoms with Gasteiger partial charge in [-0.2, -0.15) is 0 Å². The van der Waals surface area contributed by atoms with Crippen LogP contribution in [-0.2, 0) is 30.4 Å². The van der Waals surface area contributed by atoms with Crippen molar-refractivity contribution in [2.24, 2.45) is 5.41 Å². The molecule has 9 heteroatoms. The smallest absolute Gasteiger partial charge is 0.312 e. The molecule has 0 unspecified atom stereocenters. The summed E-state index contributed by atoms with van der Waals surface area (Å²) in [4.78, 5) is 41.4. The quantitative estimate of drug-likeness (QED) is 0.337. The van der Waals surface area contributed by atoms with Gasteiger partial charge in [-0.05, 0) is 40.7 Å². The number of aromatic nitrogens is 1. The Morgan fingerprint density at radius 1 is 1.23 bits per heavy atom. The lowest BCUT2D eigenvalue weighted by molar-refractivity contribution is -0.150. The van der Waals surface area contributed by atoms with Gasteiger partial charge in [-0.1, -0.05) is 17.8 Å². The van der Waals surface area contributed by atoms with E-state index in [0.29, 0.717) is 24.3 Å². The number of esters is 2. The van der Waals surface area contributed by atoms with Crippen LogP contribution in [0.1, 0.15) is 52.3 Å². The summed E-state index contributed by atoms with van der Waals surface area (Å²) < 4.78 is 10.4. The Balaban J connectivity index is 3.00. The molecule has 1 heterocycles. The van der Waals surface area contributed by atoms with Gasteiger partial charge in [-0.3, -0.25) is 14.4 Å². The molecule has 0 radical (unpaired) electrons. The third-order valence-corrected chi connectivity index (χ3v) is 5.21. The Morgan fingerprint density at radius 2 is 1.90 bits per heavy atom. The molecule has 0 fully saturated rings. The Bertz CT molecular complexity index is 802. The summed E-state index contributed by atoms with van der Waals surface area (Å²) in [7, 11) is 0. The molecule has 1 rings (SSSR count). The van der Waals surface area contributed by atoms with E-state index in [9.17, 15) is 14.4 Å². The van der Waals surface area contributed by atoms with Gasteiger partial charge in [0, 0.05) is 35.2 Å². The van der Waals surface area contributed by atoms with E-state index in [0.717, 1.165) is 16.2 Å². The van der Waals surface area contributed by atoms with Crippen LogP contribution in [0.3, 0.4) is 0 Å². The molecule has 1 aromatic heterocycles. The molecule has 166 valence electrons. The van der Waals surface area contributed by atoms with Crippen molar-refractivity contribution in [3.8, 4) is 0 Å². The number of rotatable bonds is 10. The van der Waals surface area contributed by atoms with Gasteiger partial charge >= 0.3 is 11.9 Å². The lowest BCUT2D eigenvalue weighted by Crippen LogP contribution is -2.23. The molecule has 1 amide bonds. The Hall–Kier alpha value is -2.55. The molecule has 0 saturated carbocycles. The molecule has 0 saturated heterocycles. The van der Waals surface area contributed by atoms with Crippen molar-refractivity contribution in [2.45, 2.75) is 54.5 Å². The summed E-state index contributed by atoms with van der Waals surface area (Å²) in [5.74, 6) is -0.258. The maximum absolute atomic E-state index is 12.0. The minimum Gasteiger partial charge on any atom is -0.466 e. The van der Waals surface area contributed by atoms with Crippen molar-refractivity contribution in [1.82, 2.24) is 9.88 Å². The highest BCUT2D eigenvalue weighted by Crippen LogP contribution is 2.28. The van der Waals surface area contributed by atoms with Crippen LogP contribution in [0.2, 0.25) is 0 Å². The van der Waals surface area contributed by atoms with E-state index in [2.05, 4.69) is 4.98 Å². The summed E-state index contributed by atoms with van der Waals surface area (Å²) in [6.45, 7) is 10.7. The third kappa shape index (κ3) is 8.44. The van der Waals surface area contributed by atoms with Gasteiger partial charge in [0.15, 0.2) is 0 Å². The molecular weight excluding hydrogens is 406 g/mol. The second-order valence-corrected chi connectivity index (χ2v) is 8.79. The predicted octanol–water partition coefficient (Wildman–Crippen LogP) is 3.40. The zero-order chi connectivity index (χ0) is 22.9. The predicted molar refractivity (Wildman–Crippen MR) is 117 cm³/mol. The van der Waals surface area contributed by atoms with Crippen LogP contribution >= 0.6 is 11.8 Å². The van der Waals surface area contributed by atoms with Gasteiger partial charge < -0.3 is 20.1 Å². The largest absolute Gasteiger partial charge is 0.466 e. The average molecular weight is 438 g/mol. The third-order valence-electron chi connectivity index (χ3n) is 4.12. The van der Waals surface area contributed by atoms with E-state index in [-0.39, 0.29) is 31.0 Å². The average Bonchev–Trinajstić information content (AvgIpc) is 2.64. The van der Waals surface area contributed by atoms with Crippen LogP contribution < -0.4 is 5.73 Å². The van der Waals surface area contributed by atoms with Crippen molar-refractivity contribution in [1.29, 1.82) is 0 Å². The van der Waals surface area contributed by atoms with Crippen LogP contribution in [0.4, 0.5) is 5.82 Å². The Morgan fingerprint density at radius 3 is 2.43 bits per heavy atom. The highest BCUT2D eigenvalue weighted by molar-refractivity contribution is 8.02. The standard InChI is InChI=1S/C21H31N3O5S/c1-14-7-8-17(19(22)23-14)11-24(12-25)15(2)18(9-10-28-16(3)26)30-13-29-20(27)21(4,5)6/h7-8,12H,9-11,13H2,1-6H3,(H2,22,23)/b18-15-. The molecular formula is C21H31N3O5S. The molecule has 8 nitrogen and oxygen atoms in total. The summed E-state index contributed by atoms with van der Waals surface area (Å²) >= 11 is 1.28. The molecule has 0 atom stereocenters. The van der Waals surface area contributed by atoms with Crippen molar-refractivity contribution >= 4 is 35.9 Å². The summed E-state index contributed by atoms with van der Waals surface area (Å²) in [6.07, 6.45) is 1.09. The summed E-state index contributed by atoms with van der Waals surface area (Å²) in [5.41, 5.74) is 7.54. The first-order valence-corrected chi connectivity index (χ1v) is 10.5. The fourth-order valence-electron chi connectivity index (χ4n) is 2.33. The first-order valence-electron chi connectivity index (χ1n) is 9.52. The summed E-state index contributed by atoms with van der Waals surface area (Å²) in [6, 6.07) is 3.66. The first-order chi connectivity index (χ1) is 14.0. The molecule has 0 bridgehead atoms. The van der Waals surface area contributed by atoms with Gasteiger partial charge in [-0.25, -0.2) is 4.98 Å². The Kier molecular flexibility index (Phi) is 9.84. The molecule has 1 aromatic rings. The molecule has 0 aromatic carbocycles. The minimum absolute atomic E-state index is 0.0871. The van der Waals surface area contributed by atoms with Crippen molar-refractivity contribution < 1.29 is 23.9 Å². The highest BCUT2D eigenvalue weighted by atomic mass is 32.2. The van der Waals surface area contributed by atoms with E-state index >= 15 is 0 Å². The monoisotopic (exact) mass is 437 g/mol. The number of carbonyl (C=O) groups is 3. The van der Waals surface area contributed by atoms with Crippen LogP contribution in [0.15, 0.2) is 22.7 Å². The molecule has 2 N–H and O–H groups in total. The maximum atomic E-state index is 12.0. The van der Waals surface area contributed by atoms with E-state index < -0.39 is 5.41 Å². The zero-order valence-electron chi connectivity index (χ0n) is 18.5. The van der Waals surface area contributed by atoms with Crippen LogP contribution in [0.25, 0.3) is 0 Å². The van der Waals surface area contributed by atoms with Crippen molar-refractivity contribution in [3.05, 3.63) is 34.0 Å². The summed E-state index contributed by atoms with van der Waals surface area (Å²) in [5, 5.41) is 0. The van der Waals surface area contributed by atoms with Gasteiger partial charge in [0.25, 0.3) is 0 Å². The molecule has 0 aliphatic heterocycles. The van der Waals surface area contributed by atoms with E-state index in [4.69, 9.17) is 15.2 Å². The van der Waals surface area contributed by atoms with Crippen molar-refractivity contribution in [2.75, 3.05) is 18.3 Å². The van der Waals surface area contributed by atoms with Gasteiger partial charge in [0.2, 0.25) is 6.41 Å². The van der Waals surface area contributed by atoms with Gasteiger partial charge in [0.1, 0.15) is 11.8 Å². The lowest BCUT2D eigenvalue weighted by Gasteiger charge is -2.23. The number of nitrogen functional groups attached to an aromatic ring is 1. The molecule has 0 aliphatic carbocycles. The number of hydrogen-bond donors (Lipinski definition) is 1. The number of amides is 1. The highest BCUT2D eigenvalue weighted by Gasteiger charge is 2.23. The fraction of sp³-hybridized carbons (Fsp3) is 0.524.